The third-order valence-electron chi connectivity index (χ3n) is 6.57. The Bertz CT molecular complexity index is 853. The Morgan fingerprint density at radius 1 is 1.10 bits per heavy atom. The van der Waals surface area contributed by atoms with E-state index < -0.39 is 0 Å². The van der Waals surface area contributed by atoms with Crippen LogP contribution in [0.4, 0.5) is 0 Å². The zero-order valence-corrected chi connectivity index (χ0v) is 17.3. The van der Waals surface area contributed by atoms with Crippen LogP contribution in [0, 0.1) is 5.92 Å². The fourth-order valence-corrected chi connectivity index (χ4v) is 4.69. The molecule has 1 aromatic carbocycles. The number of nitrogens with zero attached hydrogens (tertiary/aromatic N) is 2. The molecular formula is C23H32N4O2. The highest BCUT2D eigenvalue weighted by molar-refractivity contribution is 5.89. The maximum atomic E-state index is 12.8. The van der Waals surface area contributed by atoms with Crippen LogP contribution in [-0.2, 0) is 16.0 Å². The van der Waals surface area contributed by atoms with Gasteiger partial charge in [-0.05, 0) is 30.4 Å². The summed E-state index contributed by atoms with van der Waals surface area (Å²) >= 11 is 0. The fraction of sp³-hybridized carbons (Fsp3) is 0.565. The van der Waals surface area contributed by atoms with E-state index in [2.05, 4.69) is 28.2 Å². The molecule has 2 aliphatic rings. The minimum Gasteiger partial charge on any atom is -0.361 e. The highest BCUT2D eigenvalue weighted by Crippen LogP contribution is 2.23. The zero-order valence-electron chi connectivity index (χ0n) is 17.3. The zero-order chi connectivity index (χ0) is 20.2. The van der Waals surface area contributed by atoms with Crippen molar-refractivity contribution in [2.45, 2.75) is 45.1 Å². The number of piperazine rings is 1. The van der Waals surface area contributed by atoms with Gasteiger partial charge in [0.15, 0.2) is 0 Å². The first-order valence-corrected chi connectivity index (χ1v) is 10.9. The van der Waals surface area contributed by atoms with Crippen molar-refractivity contribution >= 4 is 22.7 Å². The molecule has 2 atom stereocenters. The van der Waals surface area contributed by atoms with Crippen molar-refractivity contribution < 1.29 is 9.59 Å². The van der Waals surface area contributed by atoms with Crippen LogP contribution in [0.5, 0.6) is 0 Å². The van der Waals surface area contributed by atoms with Crippen LogP contribution >= 0.6 is 0 Å². The summed E-state index contributed by atoms with van der Waals surface area (Å²) in [5.74, 6) is 0.865. The number of benzene rings is 1. The number of aromatic amines is 1. The van der Waals surface area contributed by atoms with Gasteiger partial charge in [0.05, 0.1) is 13.0 Å². The lowest BCUT2D eigenvalue weighted by Crippen LogP contribution is -2.52. The summed E-state index contributed by atoms with van der Waals surface area (Å²) < 4.78 is 0. The van der Waals surface area contributed by atoms with Gasteiger partial charge in [0.2, 0.25) is 11.8 Å². The number of H-pyrrole nitrogens is 1. The van der Waals surface area contributed by atoms with E-state index in [0.29, 0.717) is 38.0 Å². The van der Waals surface area contributed by atoms with Crippen molar-refractivity contribution in [3.05, 3.63) is 36.0 Å². The third-order valence-corrected chi connectivity index (χ3v) is 6.57. The van der Waals surface area contributed by atoms with Crippen LogP contribution in [0.3, 0.4) is 0 Å². The number of hydrogen-bond donors (Lipinski definition) is 2. The predicted molar refractivity (Wildman–Crippen MR) is 115 cm³/mol. The second-order valence-corrected chi connectivity index (χ2v) is 8.63. The van der Waals surface area contributed by atoms with Gasteiger partial charge >= 0.3 is 0 Å². The van der Waals surface area contributed by atoms with Crippen LogP contribution < -0.4 is 5.32 Å². The molecule has 0 bridgehead atoms. The molecular weight excluding hydrogens is 364 g/mol. The van der Waals surface area contributed by atoms with Crippen LogP contribution in [0.1, 0.15) is 38.2 Å². The minimum absolute atomic E-state index is 0.127. The number of amides is 2. The maximum absolute atomic E-state index is 12.8. The smallest absolute Gasteiger partial charge is 0.234 e. The Kier molecular flexibility index (Phi) is 6.19. The van der Waals surface area contributed by atoms with Crippen molar-refractivity contribution in [3.8, 4) is 0 Å². The average molecular weight is 397 g/mol. The molecule has 156 valence electrons. The monoisotopic (exact) mass is 396 g/mol. The summed E-state index contributed by atoms with van der Waals surface area (Å²) in [4.78, 5) is 32.5. The van der Waals surface area contributed by atoms with E-state index in [1.807, 2.05) is 29.3 Å². The predicted octanol–water partition coefficient (Wildman–Crippen LogP) is 2.55. The van der Waals surface area contributed by atoms with E-state index in [1.54, 1.807) is 0 Å². The quantitative estimate of drug-likeness (QED) is 0.816. The van der Waals surface area contributed by atoms with Gasteiger partial charge in [-0.2, -0.15) is 0 Å². The van der Waals surface area contributed by atoms with Gasteiger partial charge in [-0.1, -0.05) is 38.0 Å². The Hall–Kier alpha value is -2.34. The van der Waals surface area contributed by atoms with E-state index in [1.165, 1.54) is 19.3 Å². The molecule has 2 N–H and O–H groups in total. The number of fused-ring (bicyclic) bond motifs is 1. The van der Waals surface area contributed by atoms with Gasteiger partial charge in [0.1, 0.15) is 0 Å². The fourth-order valence-electron chi connectivity index (χ4n) is 4.69. The van der Waals surface area contributed by atoms with E-state index in [0.717, 1.165) is 36.0 Å². The van der Waals surface area contributed by atoms with Gasteiger partial charge in [-0.3, -0.25) is 14.5 Å². The molecule has 1 aromatic heterocycles. The number of hydrogen-bond acceptors (Lipinski definition) is 3. The largest absolute Gasteiger partial charge is 0.361 e. The van der Waals surface area contributed by atoms with E-state index in [4.69, 9.17) is 0 Å². The molecule has 2 amide bonds. The van der Waals surface area contributed by atoms with Gasteiger partial charge in [0.25, 0.3) is 0 Å². The summed E-state index contributed by atoms with van der Waals surface area (Å²) in [5, 5.41) is 4.35. The van der Waals surface area contributed by atoms with Crippen LogP contribution in [0.2, 0.25) is 0 Å². The Morgan fingerprint density at radius 3 is 2.66 bits per heavy atom. The normalized spacial score (nSPS) is 23.3. The number of rotatable bonds is 5. The second-order valence-electron chi connectivity index (χ2n) is 8.63. The topological polar surface area (TPSA) is 68.4 Å². The molecule has 1 saturated carbocycles. The third kappa shape index (κ3) is 4.81. The Balaban J connectivity index is 1.23. The first-order valence-electron chi connectivity index (χ1n) is 10.9. The standard InChI is InChI=1S/C23H32N4O2/c1-17-6-2-4-8-20(17)25-22(28)16-26-10-12-27(13-11-26)23(29)14-18-15-24-21-9-5-3-7-19(18)21/h3,5,7,9,15,17,20,24H,2,4,6,8,10-14,16H2,1H3,(H,25,28). The summed E-state index contributed by atoms with van der Waals surface area (Å²) in [6.45, 7) is 5.57. The molecule has 6 nitrogen and oxygen atoms in total. The van der Waals surface area contributed by atoms with Crippen LogP contribution in [0.25, 0.3) is 10.9 Å². The van der Waals surface area contributed by atoms with Crippen molar-refractivity contribution in [2.75, 3.05) is 32.7 Å². The molecule has 4 rings (SSSR count). The van der Waals surface area contributed by atoms with Crippen LogP contribution in [-0.4, -0.2) is 65.4 Å². The molecule has 1 aliphatic heterocycles. The molecule has 2 aromatic rings. The number of para-hydroxylation sites is 1. The molecule has 2 heterocycles. The summed E-state index contributed by atoms with van der Waals surface area (Å²) in [6, 6.07) is 8.41. The Labute approximate surface area is 172 Å². The summed E-state index contributed by atoms with van der Waals surface area (Å²) in [6.07, 6.45) is 7.17. The van der Waals surface area contributed by atoms with Crippen molar-refractivity contribution in [3.63, 3.8) is 0 Å². The summed E-state index contributed by atoms with van der Waals surface area (Å²) in [7, 11) is 0. The lowest BCUT2D eigenvalue weighted by molar-refractivity contribution is -0.132. The molecule has 29 heavy (non-hydrogen) atoms. The van der Waals surface area contributed by atoms with Crippen molar-refractivity contribution in [1.82, 2.24) is 20.1 Å². The number of aromatic nitrogens is 1. The van der Waals surface area contributed by atoms with Gasteiger partial charge in [-0.15, -0.1) is 0 Å². The van der Waals surface area contributed by atoms with Crippen molar-refractivity contribution in [1.29, 1.82) is 0 Å². The van der Waals surface area contributed by atoms with Gasteiger partial charge in [0, 0.05) is 49.3 Å². The lowest BCUT2D eigenvalue weighted by atomic mass is 9.86. The maximum Gasteiger partial charge on any atom is 0.234 e. The average Bonchev–Trinajstić information content (AvgIpc) is 3.13. The van der Waals surface area contributed by atoms with Gasteiger partial charge < -0.3 is 15.2 Å². The van der Waals surface area contributed by atoms with Crippen LogP contribution in [0.15, 0.2) is 30.5 Å². The molecule has 6 heteroatoms. The summed E-state index contributed by atoms with van der Waals surface area (Å²) in [5.41, 5.74) is 2.12. The SMILES string of the molecule is CC1CCCCC1NC(=O)CN1CCN(C(=O)Cc2c[nH]c3ccccc23)CC1. The number of nitrogens with one attached hydrogen (secondary N) is 2. The number of carbonyl (C=O) groups excluding carboxylic acids is 2. The highest BCUT2D eigenvalue weighted by atomic mass is 16.2. The lowest BCUT2D eigenvalue weighted by Gasteiger charge is -2.35. The van der Waals surface area contributed by atoms with Crippen molar-refractivity contribution in [2.24, 2.45) is 5.92 Å². The van der Waals surface area contributed by atoms with E-state index >= 15 is 0 Å². The second kappa shape index (κ2) is 8.99. The molecule has 1 aliphatic carbocycles. The molecule has 0 spiro atoms. The number of carbonyl (C=O) groups is 2. The minimum atomic E-state index is 0.127. The van der Waals surface area contributed by atoms with Gasteiger partial charge in [-0.25, -0.2) is 0 Å². The van der Waals surface area contributed by atoms with E-state index in [9.17, 15) is 9.59 Å². The van der Waals surface area contributed by atoms with E-state index in [-0.39, 0.29) is 11.8 Å². The molecule has 2 fully saturated rings. The highest BCUT2D eigenvalue weighted by Gasteiger charge is 2.26. The Morgan fingerprint density at radius 2 is 1.86 bits per heavy atom. The first-order chi connectivity index (χ1) is 14.1. The molecule has 0 radical (unpaired) electrons. The first kappa shape index (κ1) is 20.0. The molecule has 2 unspecified atom stereocenters. The molecule has 1 saturated heterocycles.